The number of rotatable bonds is 10. The zero-order valence-electron chi connectivity index (χ0n) is 11.3. The molecule has 0 aromatic heterocycles. The van der Waals surface area contributed by atoms with Crippen molar-refractivity contribution >= 4 is 11.6 Å². The molecule has 102 valence electrons. The van der Waals surface area contributed by atoms with E-state index in [1.807, 2.05) is 24.3 Å². The van der Waals surface area contributed by atoms with E-state index in [2.05, 4.69) is 12.2 Å². The van der Waals surface area contributed by atoms with Gasteiger partial charge in [-0.15, -0.1) is 0 Å². The maximum Gasteiger partial charge on any atom is 0.0717 e. The first-order chi connectivity index (χ1) is 8.83. The molecule has 1 aromatic carbocycles. The van der Waals surface area contributed by atoms with Crippen molar-refractivity contribution in [3.63, 3.8) is 0 Å². The zero-order valence-corrected chi connectivity index (χ0v) is 12.0. The first-order valence-electron chi connectivity index (χ1n) is 6.86. The van der Waals surface area contributed by atoms with Crippen LogP contribution in [0.15, 0.2) is 24.3 Å². The first-order valence-corrected chi connectivity index (χ1v) is 7.23. The molecule has 0 aliphatic rings. The topological polar surface area (TPSA) is 21.3 Å². The summed E-state index contributed by atoms with van der Waals surface area (Å²) < 4.78 is 5.62. The molecule has 0 fully saturated rings. The summed E-state index contributed by atoms with van der Waals surface area (Å²) in [6.07, 6.45) is 4.81. The Morgan fingerprint density at radius 3 is 2.83 bits per heavy atom. The van der Waals surface area contributed by atoms with Gasteiger partial charge in [-0.2, -0.15) is 0 Å². The van der Waals surface area contributed by atoms with E-state index in [4.69, 9.17) is 16.3 Å². The number of hydrogen-bond acceptors (Lipinski definition) is 2. The van der Waals surface area contributed by atoms with E-state index in [1.54, 1.807) is 0 Å². The molecule has 0 saturated carbocycles. The Balaban J connectivity index is 1.92. The number of nitrogens with one attached hydrogen (secondary N) is 1. The van der Waals surface area contributed by atoms with Crippen LogP contribution in [0.25, 0.3) is 0 Å². The molecule has 0 saturated heterocycles. The summed E-state index contributed by atoms with van der Waals surface area (Å²) in [6.45, 7) is 5.94. The van der Waals surface area contributed by atoms with Crippen LogP contribution in [-0.4, -0.2) is 19.7 Å². The lowest BCUT2D eigenvalue weighted by atomic mass is 10.2. The molecule has 1 N–H and O–H groups in total. The minimum absolute atomic E-state index is 0.661. The predicted molar refractivity (Wildman–Crippen MR) is 78.1 cm³/mol. The monoisotopic (exact) mass is 269 g/mol. The van der Waals surface area contributed by atoms with E-state index < -0.39 is 0 Å². The predicted octanol–water partition coefficient (Wildman–Crippen LogP) is 4.03. The molecule has 1 rings (SSSR count). The summed E-state index contributed by atoms with van der Waals surface area (Å²) in [5.74, 6) is 0. The quantitative estimate of drug-likeness (QED) is 0.648. The van der Waals surface area contributed by atoms with Crippen LogP contribution >= 0.6 is 11.6 Å². The number of halogens is 1. The number of ether oxygens (including phenoxy) is 1. The van der Waals surface area contributed by atoms with E-state index >= 15 is 0 Å². The fourth-order valence-electron chi connectivity index (χ4n) is 1.75. The summed E-state index contributed by atoms with van der Waals surface area (Å²) in [5.41, 5.74) is 1.15. The molecule has 0 unspecified atom stereocenters. The van der Waals surface area contributed by atoms with Gasteiger partial charge in [-0.05, 0) is 56.5 Å². The first kappa shape index (κ1) is 15.5. The van der Waals surface area contributed by atoms with Crippen molar-refractivity contribution in [2.45, 2.75) is 39.2 Å². The smallest absolute Gasteiger partial charge is 0.0717 e. The third kappa shape index (κ3) is 7.70. The third-order valence-electron chi connectivity index (χ3n) is 2.73. The molecule has 0 spiro atoms. The van der Waals surface area contributed by atoms with Gasteiger partial charge in [0.1, 0.15) is 0 Å². The Labute approximate surface area is 116 Å². The van der Waals surface area contributed by atoms with Crippen molar-refractivity contribution in [1.82, 2.24) is 5.32 Å². The van der Waals surface area contributed by atoms with Gasteiger partial charge in [0.05, 0.1) is 6.61 Å². The highest BCUT2D eigenvalue weighted by Gasteiger charge is 1.95. The highest BCUT2D eigenvalue weighted by atomic mass is 35.5. The van der Waals surface area contributed by atoms with E-state index in [0.717, 1.165) is 36.7 Å². The van der Waals surface area contributed by atoms with Crippen molar-refractivity contribution in [1.29, 1.82) is 0 Å². The summed E-state index contributed by atoms with van der Waals surface area (Å²) in [6, 6.07) is 7.84. The van der Waals surface area contributed by atoms with Gasteiger partial charge in [0.2, 0.25) is 0 Å². The second kappa shape index (κ2) is 10.4. The van der Waals surface area contributed by atoms with Gasteiger partial charge in [-0.3, -0.25) is 0 Å². The molecular formula is C15H24ClNO. The molecule has 0 aliphatic heterocycles. The minimum atomic E-state index is 0.661. The summed E-state index contributed by atoms with van der Waals surface area (Å²) >= 11 is 5.91. The lowest BCUT2D eigenvalue weighted by molar-refractivity contribution is 0.117. The lowest BCUT2D eigenvalue weighted by Crippen LogP contribution is -2.15. The molecule has 0 radical (unpaired) electrons. The van der Waals surface area contributed by atoms with Gasteiger partial charge in [0, 0.05) is 11.6 Å². The van der Waals surface area contributed by atoms with Crippen LogP contribution in [0.2, 0.25) is 5.02 Å². The SMILES string of the molecule is CCCNCCCCCOCc1cccc(Cl)c1. The van der Waals surface area contributed by atoms with Crippen molar-refractivity contribution < 1.29 is 4.74 Å². The van der Waals surface area contributed by atoms with E-state index in [-0.39, 0.29) is 0 Å². The number of benzene rings is 1. The van der Waals surface area contributed by atoms with Crippen LogP contribution in [0.1, 0.15) is 38.2 Å². The Kier molecular flexibility index (Phi) is 8.92. The highest BCUT2D eigenvalue weighted by Crippen LogP contribution is 2.11. The molecule has 3 heteroatoms. The van der Waals surface area contributed by atoms with Gasteiger partial charge >= 0.3 is 0 Å². The van der Waals surface area contributed by atoms with Crippen LogP contribution < -0.4 is 5.32 Å². The second-order valence-electron chi connectivity index (χ2n) is 4.49. The molecule has 1 aromatic rings. The highest BCUT2D eigenvalue weighted by molar-refractivity contribution is 6.30. The van der Waals surface area contributed by atoms with E-state index in [9.17, 15) is 0 Å². The maximum atomic E-state index is 5.91. The standard InChI is InChI=1S/C15H24ClNO/c1-2-9-17-10-4-3-5-11-18-13-14-7-6-8-15(16)12-14/h6-8,12,17H,2-5,9-11,13H2,1H3. The molecule has 0 aliphatic carbocycles. The summed E-state index contributed by atoms with van der Waals surface area (Å²) in [7, 11) is 0. The van der Waals surface area contributed by atoms with Crippen molar-refractivity contribution in [2.24, 2.45) is 0 Å². The van der Waals surface area contributed by atoms with E-state index in [0.29, 0.717) is 6.61 Å². The lowest BCUT2D eigenvalue weighted by Gasteiger charge is -2.05. The average molecular weight is 270 g/mol. The summed E-state index contributed by atoms with van der Waals surface area (Å²) in [4.78, 5) is 0. The fourth-order valence-corrected chi connectivity index (χ4v) is 1.96. The van der Waals surface area contributed by atoms with Crippen LogP contribution in [0.3, 0.4) is 0 Å². The van der Waals surface area contributed by atoms with Gasteiger partial charge in [-0.25, -0.2) is 0 Å². The fraction of sp³-hybridized carbons (Fsp3) is 0.600. The Bertz CT molecular complexity index is 317. The van der Waals surface area contributed by atoms with Crippen molar-refractivity contribution in [3.05, 3.63) is 34.9 Å². The number of unbranched alkanes of at least 4 members (excludes halogenated alkanes) is 2. The molecule has 0 atom stereocenters. The van der Waals surface area contributed by atoms with Crippen molar-refractivity contribution in [2.75, 3.05) is 19.7 Å². The van der Waals surface area contributed by atoms with Crippen molar-refractivity contribution in [3.8, 4) is 0 Å². The van der Waals surface area contributed by atoms with Gasteiger partial charge < -0.3 is 10.1 Å². The zero-order chi connectivity index (χ0) is 13.1. The number of hydrogen-bond donors (Lipinski definition) is 1. The third-order valence-corrected chi connectivity index (χ3v) is 2.96. The Morgan fingerprint density at radius 2 is 2.06 bits per heavy atom. The Hall–Kier alpha value is -0.570. The van der Waals surface area contributed by atoms with Crippen LogP contribution in [-0.2, 0) is 11.3 Å². The molecule has 0 amide bonds. The summed E-state index contributed by atoms with van der Waals surface area (Å²) in [5, 5.41) is 4.18. The molecule has 18 heavy (non-hydrogen) atoms. The molecule has 0 heterocycles. The second-order valence-corrected chi connectivity index (χ2v) is 4.93. The average Bonchev–Trinajstić information content (AvgIpc) is 2.37. The molecule has 0 bridgehead atoms. The Morgan fingerprint density at radius 1 is 1.17 bits per heavy atom. The van der Waals surface area contributed by atoms with Gasteiger partial charge in [-0.1, -0.05) is 30.7 Å². The minimum Gasteiger partial charge on any atom is -0.377 e. The van der Waals surface area contributed by atoms with Gasteiger partial charge in [0.25, 0.3) is 0 Å². The normalized spacial score (nSPS) is 10.8. The van der Waals surface area contributed by atoms with Gasteiger partial charge in [0.15, 0.2) is 0 Å². The molecule has 2 nitrogen and oxygen atoms in total. The molecular weight excluding hydrogens is 246 g/mol. The van der Waals surface area contributed by atoms with E-state index in [1.165, 1.54) is 19.3 Å². The largest absolute Gasteiger partial charge is 0.377 e. The van der Waals surface area contributed by atoms with Crippen LogP contribution in [0.5, 0.6) is 0 Å². The maximum absolute atomic E-state index is 5.91. The van der Waals surface area contributed by atoms with Crippen LogP contribution in [0.4, 0.5) is 0 Å². The van der Waals surface area contributed by atoms with Crippen LogP contribution in [0, 0.1) is 0 Å².